The van der Waals surface area contributed by atoms with Crippen LogP contribution in [0.1, 0.15) is 56.2 Å². The Hall–Kier alpha value is -1.91. The van der Waals surface area contributed by atoms with Crippen LogP contribution < -0.4 is 5.32 Å². The Morgan fingerprint density at radius 2 is 2.05 bits per heavy atom. The first-order valence-corrected chi connectivity index (χ1v) is 7.77. The zero-order valence-electron chi connectivity index (χ0n) is 12.8. The number of carbonyl (C=O) groups is 2. The summed E-state index contributed by atoms with van der Waals surface area (Å²) >= 11 is 0. The highest BCUT2D eigenvalue weighted by atomic mass is 19.1. The topological polar surface area (TPSA) is 66.4 Å². The van der Waals surface area contributed by atoms with E-state index in [9.17, 15) is 14.0 Å². The van der Waals surface area contributed by atoms with Crippen LogP contribution in [-0.4, -0.2) is 17.0 Å². The molecule has 1 aromatic rings. The van der Waals surface area contributed by atoms with Crippen molar-refractivity contribution in [2.45, 2.75) is 51.5 Å². The number of carboxylic acid groups (broad SMARTS) is 1. The molecule has 0 aromatic heterocycles. The number of amides is 1. The van der Waals surface area contributed by atoms with Crippen LogP contribution in [0.15, 0.2) is 18.2 Å². The molecule has 0 spiro atoms. The van der Waals surface area contributed by atoms with E-state index in [1.807, 2.05) is 6.07 Å². The van der Waals surface area contributed by atoms with Gasteiger partial charge in [0.05, 0.1) is 6.04 Å². The third-order valence-electron chi connectivity index (χ3n) is 4.27. The zero-order chi connectivity index (χ0) is 16.1. The van der Waals surface area contributed by atoms with Crippen molar-refractivity contribution < 1.29 is 19.1 Å². The van der Waals surface area contributed by atoms with E-state index in [-0.39, 0.29) is 30.1 Å². The maximum absolute atomic E-state index is 13.9. The van der Waals surface area contributed by atoms with Crippen molar-refractivity contribution in [2.75, 3.05) is 0 Å². The lowest BCUT2D eigenvalue weighted by Gasteiger charge is -2.32. The number of carboxylic acids is 1. The molecule has 2 N–H and O–H groups in total. The predicted octanol–water partition coefficient (Wildman–Crippen LogP) is 3.21. The first kappa shape index (κ1) is 16.5. The molecule has 0 fully saturated rings. The molecule has 4 nitrogen and oxygen atoms in total. The van der Waals surface area contributed by atoms with E-state index in [0.717, 1.165) is 12.0 Å². The number of halogens is 1. The van der Waals surface area contributed by atoms with Gasteiger partial charge in [0.15, 0.2) is 0 Å². The third-order valence-corrected chi connectivity index (χ3v) is 4.27. The smallest absolute Gasteiger partial charge is 0.303 e. The van der Waals surface area contributed by atoms with E-state index in [1.54, 1.807) is 6.07 Å². The second-order valence-electron chi connectivity index (χ2n) is 5.97. The van der Waals surface area contributed by atoms with Crippen LogP contribution in [0.2, 0.25) is 0 Å². The first-order chi connectivity index (χ1) is 10.5. The Morgan fingerprint density at radius 1 is 1.32 bits per heavy atom. The molecule has 1 aliphatic rings. The van der Waals surface area contributed by atoms with E-state index in [1.165, 1.54) is 6.07 Å². The summed E-state index contributed by atoms with van der Waals surface area (Å²) in [6, 6.07) is 4.85. The minimum Gasteiger partial charge on any atom is -0.481 e. The number of rotatable bonds is 6. The fourth-order valence-corrected chi connectivity index (χ4v) is 3.00. The van der Waals surface area contributed by atoms with E-state index in [4.69, 9.17) is 5.11 Å². The summed E-state index contributed by atoms with van der Waals surface area (Å²) in [5.41, 5.74) is 1.58. The minimum atomic E-state index is -0.842. The van der Waals surface area contributed by atoms with Crippen molar-refractivity contribution >= 4 is 11.9 Å². The van der Waals surface area contributed by atoms with Gasteiger partial charge in [-0.1, -0.05) is 19.1 Å². The third kappa shape index (κ3) is 4.06. The normalized spacial score (nSPS) is 20.3. The lowest BCUT2D eigenvalue weighted by molar-refractivity contribution is -0.137. The summed E-state index contributed by atoms with van der Waals surface area (Å²) in [5, 5.41) is 11.6. The van der Waals surface area contributed by atoms with Crippen LogP contribution in [0.25, 0.3) is 0 Å². The van der Waals surface area contributed by atoms with Gasteiger partial charge >= 0.3 is 5.97 Å². The summed E-state index contributed by atoms with van der Waals surface area (Å²) in [7, 11) is 0. The molecule has 22 heavy (non-hydrogen) atoms. The maximum atomic E-state index is 13.9. The molecule has 5 heteroatoms. The van der Waals surface area contributed by atoms with Crippen LogP contribution in [0.4, 0.5) is 4.39 Å². The van der Waals surface area contributed by atoms with E-state index in [0.29, 0.717) is 31.2 Å². The Kier molecular flexibility index (Phi) is 5.52. The van der Waals surface area contributed by atoms with Crippen LogP contribution in [0.3, 0.4) is 0 Å². The lowest BCUT2D eigenvalue weighted by atomic mass is 9.80. The summed E-state index contributed by atoms with van der Waals surface area (Å²) in [5.74, 6) is -0.882. The molecule has 0 saturated heterocycles. The molecule has 2 rings (SSSR count). The fraction of sp³-hybridized carbons (Fsp3) is 0.529. The highest BCUT2D eigenvalue weighted by Gasteiger charge is 2.29. The van der Waals surface area contributed by atoms with Gasteiger partial charge in [0, 0.05) is 12.8 Å². The highest BCUT2D eigenvalue weighted by molar-refractivity contribution is 5.76. The Labute approximate surface area is 129 Å². The number of hydrogen-bond donors (Lipinski definition) is 2. The molecule has 2 atom stereocenters. The van der Waals surface area contributed by atoms with Gasteiger partial charge in [-0.2, -0.15) is 0 Å². The molecule has 2 unspecified atom stereocenters. The average Bonchev–Trinajstić information content (AvgIpc) is 2.47. The molecule has 0 bridgehead atoms. The minimum absolute atomic E-state index is 0.0845. The number of hydrogen-bond acceptors (Lipinski definition) is 2. The van der Waals surface area contributed by atoms with Crippen LogP contribution >= 0.6 is 0 Å². The molecular formula is C17H22FNO3. The lowest BCUT2D eigenvalue weighted by Crippen LogP contribution is -2.35. The molecule has 120 valence electrons. The Balaban J connectivity index is 1.96. The summed E-state index contributed by atoms with van der Waals surface area (Å²) in [6.45, 7) is 2.06. The molecule has 0 aliphatic heterocycles. The summed E-state index contributed by atoms with van der Waals surface area (Å²) in [6.07, 6.45) is 2.98. The first-order valence-electron chi connectivity index (χ1n) is 7.77. The van der Waals surface area contributed by atoms with Crippen molar-refractivity contribution in [3.05, 3.63) is 35.1 Å². The molecule has 0 radical (unpaired) electrons. The Morgan fingerprint density at radius 3 is 2.77 bits per heavy atom. The molecule has 0 saturated carbocycles. The molecular weight excluding hydrogens is 285 g/mol. The maximum Gasteiger partial charge on any atom is 0.303 e. The van der Waals surface area contributed by atoms with Crippen molar-refractivity contribution in [2.24, 2.45) is 5.92 Å². The van der Waals surface area contributed by atoms with Gasteiger partial charge in [-0.25, -0.2) is 4.39 Å². The van der Waals surface area contributed by atoms with Crippen molar-refractivity contribution in [3.8, 4) is 0 Å². The number of fused-ring (bicyclic) bond motifs is 1. The van der Waals surface area contributed by atoms with E-state index >= 15 is 0 Å². The number of carbonyl (C=O) groups excluding carboxylic acids is 1. The summed E-state index contributed by atoms with van der Waals surface area (Å²) in [4.78, 5) is 22.5. The van der Waals surface area contributed by atoms with Crippen molar-refractivity contribution in [1.82, 2.24) is 5.32 Å². The van der Waals surface area contributed by atoms with Crippen LogP contribution in [-0.2, 0) is 16.0 Å². The molecule has 1 aliphatic carbocycles. The largest absolute Gasteiger partial charge is 0.481 e. The van der Waals surface area contributed by atoms with Gasteiger partial charge < -0.3 is 10.4 Å². The quantitative estimate of drug-likeness (QED) is 0.793. The van der Waals surface area contributed by atoms with Crippen molar-refractivity contribution in [3.63, 3.8) is 0 Å². The monoisotopic (exact) mass is 307 g/mol. The second kappa shape index (κ2) is 7.38. The van der Waals surface area contributed by atoms with E-state index in [2.05, 4.69) is 12.2 Å². The molecule has 1 aromatic carbocycles. The number of unbranched alkanes of at least 4 members (excludes halogenated alkanes) is 1. The van der Waals surface area contributed by atoms with Gasteiger partial charge in [-0.15, -0.1) is 0 Å². The van der Waals surface area contributed by atoms with Crippen LogP contribution in [0.5, 0.6) is 0 Å². The van der Waals surface area contributed by atoms with Crippen LogP contribution in [0, 0.1) is 11.7 Å². The highest BCUT2D eigenvalue weighted by Crippen LogP contribution is 2.35. The summed E-state index contributed by atoms with van der Waals surface area (Å²) < 4.78 is 13.9. The number of aliphatic carboxylic acids is 1. The number of benzene rings is 1. The van der Waals surface area contributed by atoms with Gasteiger partial charge in [-0.3, -0.25) is 9.59 Å². The SMILES string of the molecule is CC1CCc2c(F)cccc2C1NC(=O)CCCCC(=O)O. The Bertz CT molecular complexity index is 559. The molecule has 1 amide bonds. The van der Waals surface area contributed by atoms with Gasteiger partial charge in [0.1, 0.15) is 5.82 Å². The average molecular weight is 307 g/mol. The van der Waals surface area contributed by atoms with E-state index < -0.39 is 5.97 Å². The zero-order valence-corrected chi connectivity index (χ0v) is 12.8. The van der Waals surface area contributed by atoms with Crippen molar-refractivity contribution in [1.29, 1.82) is 0 Å². The van der Waals surface area contributed by atoms with Gasteiger partial charge in [0.25, 0.3) is 0 Å². The number of nitrogens with one attached hydrogen (secondary N) is 1. The fourth-order valence-electron chi connectivity index (χ4n) is 3.00. The standard InChI is InChI=1S/C17H22FNO3/c1-11-9-10-12-13(5-4-6-14(12)18)17(11)19-15(20)7-2-3-8-16(21)22/h4-6,11,17H,2-3,7-10H2,1H3,(H,19,20)(H,21,22). The van der Waals surface area contributed by atoms with Gasteiger partial charge in [-0.05, 0) is 48.8 Å². The van der Waals surface area contributed by atoms with Gasteiger partial charge in [0.2, 0.25) is 5.91 Å². The predicted molar refractivity (Wildman–Crippen MR) is 80.9 cm³/mol. The second-order valence-corrected chi connectivity index (χ2v) is 5.97. The molecule has 0 heterocycles.